The zero-order chi connectivity index (χ0) is 18.1. The van der Waals surface area contributed by atoms with Gasteiger partial charge in [-0.3, -0.25) is 14.5 Å². The van der Waals surface area contributed by atoms with Gasteiger partial charge in [-0.15, -0.1) is 11.3 Å². The van der Waals surface area contributed by atoms with Gasteiger partial charge in [-0.1, -0.05) is 30.0 Å². The van der Waals surface area contributed by atoms with E-state index in [2.05, 4.69) is 0 Å². The van der Waals surface area contributed by atoms with Gasteiger partial charge in [-0.25, -0.2) is 8.78 Å². The van der Waals surface area contributed by atoms with Gasteiger partial charge in [0.05, 0.1) is 4.91 Å². The van der Waals surface area contributed by atoms with Crippen LogP contribution in [0.2, 0.25) is 0 Å². The molecule has 2 heterocycles. The van der Waals surface area contributed by atoms with Crippen LogP contribution in [0, 0.1) is 11.6 Å². The molecule has 0 spiro atoms. The van der Waals surface area contributed by atoms with Crippen molar-refractivity contribution in [3.8, 4) is 11.1 Å². The van der Waals surface area contributed by atoms with E-state index in [0.29, 0.717) is 16.0 Å². The number of nitrogens with two attached hydrogens (primary N) is 1. The number of primary amides is 1. The average molecular weight is 396 g/mol. The molecule has 25 heavy (non-hydrogen) atoms. The Morgan fingerprint density at radius 3 is 2.68 bits per heavy atom. The highest BCUT2D eigenvalue weighted by molar-refractivity contribution is 8.26. The summed E-state index contributed by atoms with van der Waals surface area (Å²) >= 11 is 7.52. The molecule has 0 atom stereocenters. The second kappa shape index (κ2) is 7.03. The molecule has 2 amide bonds. The predicted molar refractivity (Wildman–Crippen MR) is 98.7 cm³/mol. The summed E-state index contributed by atoms with van der Waals surface area (Å²) in [6.07, 6.45) is 1.65. The van der Waals surface area contributed by atoms with Gasteiger partial charge in [0.1, 0.15) is 10.9 Å². The topological polar surface area (TPSA) is 63.4 Å². The highest BCUT2D eigenvalue weighted by Gasteiger charge is 2.32. The third kappa shape index (κ3) is 3.78. The smallest absolute Gasteiger partial charge is 0.266 e. The molecular weight excluding hydrogens is 386 g/mol. The number of nitrogens with zero attached hydrogens (tertiary/aromatic N) is 1. The third-order valence-corrected chi connectivity index (χ3v) is 5.59. The average Bonchev–Trinajstić information content (AvgIpc) is 3.11. The summed E-state index contributed by atoms with van der Waals surface area (Å²) in [6.45, 7) is -0.257. The van der Waals surface area contributed by atoms with E-state index in [1.165, 1.54) is 17.4 Å². The van der Waals surface area contributed by atoms with Crippen molar-refractivity contribution in [2.75, 3.05) is 6.54 Å². The molecule has 4 nitrogen and oxygen atoms in total. The minimum Gasteiger partial charge on any atom is -0.368 e. The molecule has 0 saturated carbocycles. The lowest BCUT2D eigenvalue weighted by Crippen LogP contribution is -2.36. The Morgan fingerprint density at radius 1 is 1.24 bits per heavy atom. The van der Waals surface area contributed by atoms with E-state index in [4.69, 9.17) is 18.0 Å². The number of amides is 2. The zero-order valence-corrected chi connectivity index (χ0v) is 14.9. The lowest BCUT2D eigenvalue weighted by molar-refractivity contribution is -0.127. The molecule has 0 unspecified atom stereocenters. The molecule has 1 aliphatic heterocycles. The highest BCUT2D eigenvalue weighted by atomic mass is 32.2. The number of carbonyl (C=O) groups is 2. The fourth-order valence-electron chi connectivity index (χ4n) is 2.18. The Balaban J connectivity index is 1.84. The maximum absolute atomic E-state index is 13.4. The maximum Gasteiger partial charge on any atom is 0.266 e. The molecule has 0 bridgehead atoms. The highest BCUT2D eigenvalue weighted by Crippen LogP contribution is 2.35. The minimum absolute atomic E-state index is 0.257. The number of thioether (sulfide) groups is 1. The first-order valence-corrected chi connectivity index (χ1v) is 9.03. The Kier molecular flexibility index (Phi) is 4.98. The summed E-state index contributed by atoms with van der Waals surface area (Å²) in [5.74, 6) is -2.85. The monoisotopic (exact) mass is 396 g/mol. The molecule has 2 aromatic rings. The fraction of sp³-hybridized carbons (Fsp3) is 0.0625. The van der Waals surface area contributed by atoms with Gasteiger partial charge in [0.15, 0.2) is 11.6 Å². The second-order valence-electron chi connectivity index (χ2n) is 5.10. The summed E-state index contributed by atoms with van der Waals surface area (Å²) in [5, 5.41) is 1.78. The summed E-state index contributed by atoms with van der Waals surface area (Å²) in [7, 11) is 0. The number of carbonyl (C=O) groups excluding carboxylic acids is 2. The van der Waals surface area contributed by atoms with Crippen LogP contribution >= 0.6 is 35.3 Å². The van der Waals surface area contributed by atoms with Crippen LogP contribution in [0.25, 0.3) is 17.2 Å². The number of benzene rings is 1. The summed E-state index contributed by atoms with van der Waals surface area (Å²) in [4.78, 5) is 25.6. The van der Waals surface area contributed by atoms with Crippen molar-refractivity contribution >= 4 is 57.5 Å². The third-order valence-electron chi connectivity index (χ3n) is 3.33. The van der Waals surface area contributed by atoms with Gasteiger partial charge in [-0.2, -0.15) is 0 Å². The van der Waals surface area contributed by atoms with Gasteiger partial charge < -0.3 is 5.73 Å². The van der Waals surface area contributed by atoms with Crippen molar-refractivity contribution in [1.82, 2.24) is 4.90 Å². The number of rotatable bonds is 4. The van der Waals surface area contributed by atoms with Gasteiger partial charge in [0.2, 0.25) is 5.91 Å². The first-order valence-electron chi connectivity index (χ1n) is 6.93. The molecule has 0 radical (unpaired) electrons. The first-order chi connectivity index (χ1) is 11.8. The van der Waals surface area contributed by atoms with E-state index in [0.717, 1.165) is 33.7 Å². The van der Waals surface area contributed by atoms with Crippen LogP contribution in [0.15, 0.2) is 34.6 Å². The molecule has 1 saturated heterocycles. The number of hydrogen-bond donors (Lipinski definition) is 1. The molecule has 0 aliphatic carbocycles. The van der Waals surface area contributed by atoms with Crippen molar-refractivity contribution in [2.24, 2.45) is 5.73 Å². The van der Waals surface area contributed by atoms with E-state index in [-0.39, 0.29) is 16.8 Å². The molecule has 1 aliphatic rings. The van der Waals surface area contributed by atoms with Crippen molar-refractivity contribution in [3.05, 3.63) is 51.1 Å². The second-order valence-corrected chi connectivity index (χ2v) is 7.72. The van der Waals surface area contributed by atoms with Gasteiger partial charge in [0, 0.05) is 4.88 Å². The Morgan fingerprint density at radius 2 is 2.00 bits per heavy atom. The molecule has 128 valence electrons. The molecular formula is C16H10F2N2O2S3. The standard InChI is InChI=1S/C16H10F2N2O2S3/c17-11-2-1-8(4-12(11)18)9-3-10(24-7-9)5-13-15(22)20(6-14(19)21)16(23)25-13/h1-5,7H,6H2,(H2,19,21)/b13-5-. The largest absolute Gasteiger partial charge is 0.368 e. The quantitative estimate of drug-likeness (QED) is 0.636. The first kappa shape index (κ1) is 17.7. The number of thiocarbonyl (C=S) groups is 1. The summed E-state index contributed by atoms with van der Waals surface area (Å²) in [5.41, 5.74) is 6.36. The maximum atomic E-state index is 13.4. The van der Waals surface area contributed by atoms with Crippen molar-refractivity contribution in [1.29, 1.82) is 0 Å². The summed E-state index contributed by atoms with van der Waals surface area (Å²) in [6, 6.07) is 5.43. The van der Waals surface area contributed by atoms with Gasteiger partial charge >= 0.3 is 0 Å². The van der Waals surface area contributed by atoms with Crippen LogP contribution in [-0.4, -0.2) is 27.6 Å². The van der Waals surface area contributed by atoms with Crippen molar-refractivity contribution < 1.29 is 18.4 Å². The zero-order valence-electron chi connectivity index (χ0n) is 12.5. The van der Waals surface area contributed by atoms with Crippen molar-refractivity contribution in [3.63, 3.8) is 0 Å². The number of thiophene rings is 1. The van der Waals surface area contributed by atoms with Crippen LogP contribution in [0.1, 0.15) is 4.88 Å². The van der Waals surface area contributed by atoms with Gasteiger partial charge in [0.25, 0.3) is 5.91 Å². The minimum atomic E-state index is -0.919. The molecule has 1 fully saturated rings. The van der Waals surface area contributed by atoms with Crippen LogP contribution in [0.3, 0.4) is 0 Å². The Hall–Kier alpha value is -2.10. The van der Waals surface area contributed by atoms with E-state index < -0.39 is 17.5 Å². The van der Waals surface area contributed by atoms with Crippen LogP contribution in [0.5, 0.6) is 0 Å². The lowest BCUT2D eigenvalue weighted by Gasteiger charge is -2.10. The van der Waals surface area contributed by atoms with E-state index in [1.54, 1.807) is 17.5 Å². The molecule has 3 rings (SSSR count). The normalized spacial score (nSPS) is 16.1. The lowest BCUT2D eigenvalue weighted by atomic mass is 10.1. The van der Waals surface area contributed by atoms with Crippen LogP contribution in [-0.2, 0) is 9.59 Å². The van der Waals surface area contributed by atoms with Gasteiger partial charge in [-0.05, 0) is 40.8 Å². The molecule has 1 aromatic heterocycles. The molecule has 2 N–H and O–H groups in total. The summed E-state index contributed by atoms with van der Waals surface area (Å²) < 4.78 is 26.6. The van der Waals surface area contributed by atoms with Crippen molar-refractivity contribution in [2.45, 2.75) is 0 Å². The van der Waals surface area contributed by atoms with E-state index >= 15 is 0 Å². The van der Waals surface area contributed by atoms with Crippen LogP contribution in [0.4, 0.5) is 8.78 Å². The fourth-order valence-corrected chi connectivity index (χ4v) is 4.35. The number of hydrogen-bond acceptors (Lipinski definition) is 5. The SMILES string of the molecule is NC(=O)CN1C(=O)/C(=C/c2cc(-c3ccc(F)c(F)c3)cs2)SC1=S. The van der Waals surface area contributed by atoms with Crippen LogP contribution < -0.4 is 5.73 Å². The Labute approximate surface area is 155 Å². The number of halogens is 2. The van der Waals surface area contributed by atoms with E-state index in [1.807, 2.05) is 0 Å². The Bertz CT molecular complexity index is 924. The molecule has 9 heteroatoms. The predicted octanol–water partition coefficient (Wildman–Crippen LogP) is 3.38. The molecule has 1 aromatic carbocycles. The van der Waals surface area contributed by atoms with E-state index in [9.17, 15) is 18.4 Å².